The van der Waals surface area contributed by atoms with Gasteiger partial charge in [0.25, 0.3) is 11.1 Å². The second-order valence-corrected chi connectivity index (χ2v) is 7.95. The molecule has 0 N–H and O–H groups in total. The van der Waals surface area contributed by atoms with Crippen molar-refractivity contribution in [1.29, 1.82) is 0 Å². The number of carboxylic acids is 1. The van der Waals surface area contributed by atoms with Crippen molar-refractivity contribution in [3.05, 3.63) is 65.2 Å². The molecule has 0 aliphatic carbocycles. The first-order chi connectivity index (χ1) is 14.8. The number of carbonyl (C=O) groups excluding carboxylic acids is 4. The van der Waals surface area contributed by atoms with Crippen LogP contribution in [0.1, 0.15) is 28.4 Å². The molecule has 1 fully saturated rings. The van der Waals surface area contributed by atoms with Gasteiger partial charge in [-0.15, -0.1) is 0 Å². The molecular weight excluding hydrogens is 420 g/mol. The molecule has 1 atom stereocenters. The highest BCUT2D eigenvalue weighted by molar-refractivity contribution is 8.15. The zero-order valence-corrected chi connectivity index (χ0v) is 17.9. The van der Waals surface area contributed by atoms with Gasteiger partial charge in [-0.1, -0.05) is 35.9 Å². The number of hydrogen-bond acceptors (Lipinski definition) is 8. The van der Waals surface area contributed by atoms with Gasteiger partial charge >= 0.3 is 5.97 Å². The Kier molecular flexibility index (Phi) is 6.96. The number of imide groups is 1. The average Bonchev–Trinajstić information content (AvgIpc) is 3.01. The van der Waals surface area contributed by atoms with Crippen LogP contribution in [0.4, 0.5) is 10.5 Å². The van der Waals surface area contributed by atoms with E-state index in [4.69, 9.17) is 4.74 Å². The highest BCUT2D eigenvalue weighted by Crippen LogP contribution is 2.34. The predicted molar refractivity (Wildman–Crippen MR) is 113 cm³/mol. The van der Waals surface area contributed by atoms with Crippen LogP contribution in [0.3, 0.4) is 0 Å². The van der Waals surface area contributed by atoms with Gasteiger partial charge in [-0.3, -0.25) is 19.3 Å². The van der Waals surface area contributed by atoms with Gasteiger partial charge in [-0.25, -0.2) is 0 Å². The third kappa shape index (κ3) is 5.24. The van der Waals surface area contributed by atoms with Crippen molar-refractivity contribution in [3.8, 4) is 0 Å². The third-order valence-corrected chi connectivity index (χ3v) is 5.77. The number of anilines is 1. The maximum atomic E-state index is 13.1. The molecule has 0 aromatic heterocycles. The molecule has 1 saturated heterocycles. The van der Waals surface area contributed by atoms with E-state index < -0.39 is 28.5 Å². The molecule has 0 spiro atoms. The summed E-state index contributed by atoms with van der Waals surface area (Å²) in [7, 11) is 0. The SMILES string of the molecule is CCOC(=O)CN(c1ccc(C)cc1)C1SC(=O)N(Cc2cccc(C(=O)[O-])c2)C1=O. The van der Waals surface area contributed by atoms with E-state index in [-0.39, 0.29) is 25.3 Å². The fraction of sp³-hybridized carbons (Fsp3) is 0.273. The molecule has 1 heterocycles. The quantitative estimate of drug-likeness (QED) is 0.572. The molecule has 1 unspecified atom stereocenters. The summed E-state index contributed by atoms with van der Waals surface area (Å²) >= 11 is 0.806. The number of ether oxygens (including phenoxy) is 1. The molecular formula is C22H21N2O6S-. The van der Waals surface area contributed by atoms with Crippen molar-refractivity contribution < 1.29 is 29.0 Å². The number of amides is 2. The molecule has 3 rings (SSSR count). The number of benzene rings is 2. The maximum Gasteiger partial charge on any atom is 0.325 e. The van der Waals surface area contributed by atoms with Crippen LogP contribution in [-0.4, -0.2) is 46.5 Å². The van der Waals surface area contributed by atoms with Gasteiger partial charge in [-0.05, 0) is 54.9 Å². The van der Waals surface area contributed by atoms with Crippen LogP contribution in [-0.2, 0) is 20.9 Å². The summed E-state index contributed by atoms with van der Waals surface area (Å²) in [5, 5.41) is 9.67. The van der Waals surface area contributed by atoms with Crippen molar-refractivity contribution in [2.45, 2.75) is 25.8 Å². The standard InChI is InChI=1S/C22H22N2O6S/c1-3-30-18(25)13-23(17-9-7-14(2)8-10-17)20-19(26)24(22(29)31-20)12-15-5-4-6-16(11-15)21(27)28/h4-11,20H,3,12-13H2,1-2H3,(H,27,28)/p-1. The van der Waals surface area contributed by atoms with Crippen molar-refractivity contribution in [2.75, 3.05) is 18.1 Å². The minimum Gasteiger partial charge on any atom is -0.545 e. The largest absolute Gasteiger partial charge is 0.545 e. The number of rotatable bonds is 8. The molecule has 9 heteroatoms. The molecule has 1 aliphatic heterocycles. The van der Waals surface area contributed by atoms with Crippen molar-refractivity contribution in [2.24, 2.45) is 0 Å². The first-order valence-electron chi connectivity index (χ1n) is 9.61. The van der Waals surface area contributed by atoms with E-state index in [0.717, 1.165) is 22.2 Å². The highest BCUT2D eigenvalue weighted by atomic mass is 32.2. The number of carbonyl (C=O) groups is 4. The van der Waals surface area contributed by atoms with Gasteiger partial charge in [0.15, 0.2) is 5.37 Å². The van der Waals surface area contributed by atoms with Crippen LogP contribution in [0.5, 0.6) is 0 Å². The van der Waals surface area contributed by atoms with Crippen molar-refractivity contribution in [1.82, 2.24) is 4.90 Å². The van der Waals surface area contributed by atoms with Crippen LogP contribution in [0, 0.1) is 6.92 Å². The van der Waals surface area contributed by atoms with E-state index in [1.807, 2.05) is 19.1 Å². The van der Waals surface area contributed by atoms with Crippen molar-refractivity contribution in [3.63, 3.8) is 0 Å². The van der Waals surface area contributed by atoms with Gasteiger partial charge in [0.1, 0.15) is 6.54 Å². The predicted octanol–water partition coefficient (Wildman–Crippen LogP) is 1.95. The van der Waals surface area contributed by atoms with Gasteiger partial charge in [0, 0.05) is 5.69 Å². The molecule has 2 amide bonds. The molecule has 2 aromatic rings. The number of aryl methyl sites for hydroxylation is 1. The highest BCUT2D eigenvalue weighted by Gasteiger charge is 2.43. The molecule has 162 valence electrons. The van der Waals surface area contributed by atoms with Crippen LogP contribution < -0.4 is 10.0 Å². The molecule has 31 heavy (non-hydrogen) atoms. The topological polar surface area (TPSA) is 107 Å². The minimum absolute atomic E-state index is 0.0376. The Labute approximate surface area is 183 Å². The Balaban J connectivity index is 1.85. The number of carboxylic acid groups (broad SMARTS) is 1. The Morgan fingerprint density at radius 3 is 2.52 bits per heavy atom. The second-order valence-electron chi connectivity index (χ2n) is 6.92. The van der Waals surface area contributed by atoms with Crippen LogP contribution >= 0.6 is 11.8 Å². The van der Waals surface area contributed by atoms with Crippen LogP contribution in [0.25, 0.3) is 0 Å². The molecule has 2 aromatic carbocycles. The fourth-order valence-electron chi connectivity index (χ4n) is 3.14. The zero-order chi connectivity index (χ0) is 22.5. The normalized spacial score (nSPS) is 15.8. The van der Waals surface area contributed by atoms with Crippen LogP contribution in [0.15, 0.2) is 48.5 Å². The number of aromatic carboxylic acids is 1. The summed E-state index contributed by atoms with van der Waals surface area (Å²) in [6.07, 6.45) is 0. The summed E-state index contributed by atoms with van der Waals surface area (Å²) in [6, 6.07) is 13.1. The molecule has 0 radical (unpaired) electrons. The van der Waals surface area contributed by atoms with E-state index in [9.17, 15) is 24.3 Å². The van der Waals surface area contributed by atoms with E-state index in [1.165, 1.54) is 18.2 Å². The first-order valence-corrected chi connectivity index (χ1v) is 10.5. The number of nitrogens with zero attached hydrogens (tertiary/aromatic N) is 2. The number of hydrogen-bond donors (Lipinski definition) is 0. The third-order valence-electron chi connectivity index (χ3n) is 4.67. The van der Waals surface area contributed by atoms with Gasteiger partial charge in [-0.2, -0.15) is 0 Å². The van der Waals surface area contributed by atoms with E-state index in [0.29, 0.717) is 11.3 Å². The summed E-state index contributed by atoms with van der Waals surface area (Å²) in [5.74, 6) is -2.34. The molecule has 0 bridgehead atoms. The Hall–Kier alpha value is -3.33. The lowest BCUT2D eigenvalue weighted by Crippen LogP contribution is -2.44. The first kappa shape index (κ1) is 22.4. The lowest BCUT2D eigenvalue weighted by atomic mass is 10.1. The lowest BCUT2D eigenvalue weighted by Gasteiger charge is -2.28. The number of thioether (sulfide) groups is 1. The molecule has 0 saturated carbocycles. The number of esters is 1. The second kappa shape index (κ2) is 9.65. The zero-order valence-electron chi connectivity index (χ0n) is 17.1. The summed E-state index contributed by atoms with van der Waals surface area (Å²) < 4.78 is 5.04. The van der Waals surface area contributed by atoms with Crippen LogP contribution in [0.2, 0.25) is 0 Å². The molecule has 8 nitrogen and oxygen atoms in total. The Morgan fingerprint density at radius 2 is 1.87 bits per heavy atom. The Bertz CT molecular complexity index is 1010. The van der Waals surface area contributed by atoms with E-state index in [1.54, 1.807) is 30.0 Å². The smallest absolute Gasteiger partial charge is 0.325 e. The van der Waals surface area contributed by atoms with Crippen molar-refractivity contribution >= 4 is 40.5 Å². The van der Waals surface area contributed by atoms with E-state index >= 15 is 0 Å². The fourth-order valence-corrected chi connectivity index (χ4v) is 4.17. The Morgan fingerprint density at radius 1 is 1.16 bits per heavy atom. The minimum atomic E-state index is -1.34. The summed E-state index contributed by atoms with van der Waals surface area (Å²) in [4.78, 5) is 51.6. The summed E-state index contributed by atoms with van der Waals surface area (Å²) in [5.41, 5.74) is 2.06. The average molecular weight is 441 g/mol. The monoisotopic (exact) mass is 441 g/mol. The summed E-state index contributed by atoms with van der Waals surface area (Å²) in [6.45, 7) is 3.54. The van der Waals surface area contributed by atoms with Gasteiger partial charge < -0.3 is 19.5 Å². The van der Waals surface area contributed by atoms with E-state index in [2.05, 4.69) is 0 Å². The molecule has 1 aliphatic rings. The lowest BCUT2D eigenvalue weighted by molar-refractivity contribution is -0.255. The maximum absolute atomic E-state index is 13.1. The van der Waals surface area contributed by atoms with Gasteiger partial charge in [0.2, 0.25) is 0 Å². The van der Waals surface area contributed by atoms with Gasteiger partial charge in [0.05, 0.1) is 19.1 Å².